The molecular formula is C17H19NO3. The number of hydrogen-bond acceptors (Lipinski definition) is 4. The van der Waals surface area contributed by atoms with Crippen LogP contribution < -0.4 is 4.74 Å². The van der Waals surface area contributed by atoms with Gasteiger partial charge in [-0.25, -0.2) is 0 Å². The summed E-state index contributed by atoms with van der Waals surface area (Å²) in [6.07, 6.45) is 1.77. The number of ether oxygens (including phenoxy) is 2. The highest BCUT2D eigenvalue weighted by atomic mass is 16.5. The maximum absolute atomic E-state index is 11.0. The number of benzene rings is 1. The minimum atomic E-state index is -0.330. The van der Waals surface area contributed by atoms with E-state index >= 15 is 0 Å². The van der Waals surface area contributed by atoms with Crippen molar-refractivity contribution in [3.63, 3.8) is 0 Å². The van der Waals surface area contributed by atoms with Gasteiger partial charge in [-0.05, 0) is 30.5 Å². The maximum Gasteiger partial charge on any atom is 0.303 e. The summed E-state index contributed by atoms with van der Waals surface area (Å²) < 4.78 is 10.9. The summed E-state index contributed by atoms with van der Waals surface area (Å²) >= 11 is 0. The van der Waals surface area contributed by atoms with Crippen molar-refractivity contribution in [2.45, 2.75) is 34.0 Å². The molecule has 4 nitrogen and oxygen atoms in total. The highest BCUT2D eigenvalue weighted by molar-refractivity contribution is 5.66. The number of aryl methyl sites for hydroxylation is 1. The van der Waals surface area contributed by atoms with Crippen molar-refractivity contribution in [2.24, 2.45) is 0 Å². The Hall–Kier alpha value is -2.36. The van der Waals surface area contributed by atoms with Crippen molar-refractivity contribution in [1.29, 1.82) is 0 Å². The van der Waals surface area contributed by atoms with Crippen molar-refractivity contribution < 1.29 is 14.3 Å². The molecule has 4 heteroatoms. The van der Waals surface area contributed by atoms with E-state index in [9.17, 15) is 4.79 Å². The zero-order valence-corrected chi connectivity index (χ0v) is 12.6. The van der Waals surface area contributed by atoms with Gasteiger partial charge in [-0.15, -0.1) is 0 Å². The molecule has 0 saturated carbocycles. The molecule has 110 valence electrons. The summed E-state index contributed by atoms with van der Waals surface area (Å²) in [7, 11) is 0. The largest absolute Gasteiger partial charge is 0.487 e. The Morgan fingerprint density at radius 1 is 1.14 bits per heavy atom. The highest BCUT2D eigenvalue weighted by Gasteiger charge is 2.12. The molecule has 0 fully saturated rings. The van der Waals surface area contributed by atoms with Gasteiger partial charge in [0.25, 0.3) is 0 Å². The predicted molar refractivity (Wildman–Crippen MR) is 80.0 cm³/mol. The molecule has 0 aliphatic carbocycles. The van der Waals surface area contributed by atoms with Crippen LogP contribution in [0.1, 0.15) is 29.3 Å². The number of pyridine rings is 1. The van der Waals surface area contributed by atoms with Crippen molar-refractivity contribution in [3.8, 4) is 5.75 Å². The van der Waals surface area contributed by atoms with E-state index in [-0.39, 0.29) is 12.6 Å². The third-order valence-corrected chi connectivity index (χ3v) is 3.25. The highest BCUT2D eigenvalue weighted by Crippen LogP contribution is 2.26. The fourth-order valence-corrected chi connectivity index (χ4v) is 1.92. The number of carbonyl (C=O) groups is 1. The topological polar surface area (TPSA) is 48.4 Å². The fourth-order valence-electron chi connectivity index (χ4n) is 1.92. The van der Waals surface area contributed by atoms with E-state index in [0.29, 0.717) is 18.1 Å². The molecule has 1 heterocycles. The van der Waals surface area contributed by atoms with Crippen LogP contribution in [0.2, 0.25) is 0 Å². The third kappa shape index (κ3) is 4.05. The normalized spacial score (nSPS) is 10.2. The van der Waals surface area contributed by atoms with Crippen LogP contribution >= 0.6 is 0 Å². The number of aromatic nitrogens is 1. The second kappa shape index (κ2) is 6.88. The Balaban J connectivity index is 2.19. The van der Waals surface area contributed by atoms with Crippen LogP contribution in [0.3, 0.4) is 0 Å². The lowest BCUT2D eigenvalue weighted by molar-refractivity contribution is -0.142. The molecular weight excluding hydrogens is 266 g/mol. The van der Waals surface area contributed by atoms with E-state index in [1.165, 1.54) is 6.92 Å². The van der Waals surface area contributed by atoms with Crippen LogP contribution in [-0.2, 0) is 22.7 Å². The van der Waals surface area contributed by atoms with E-state index < -0.39 is 0 Å². The second-order valence-corrected chi connectivity index (χ2v) is 4.90. The Kier molecular flexibility index (Phi) is 4.93. The van der Waals surface area contributed by atoms with Gasteiger partial charge in [0, 0.05) is 13.1 Å². The molecule has 0 aliphatic rings. The molecule has 0 bridgehead atoms. The van der Waals surface area contributed by atoms with Crippen LogP contribution in [0.15, 0.2) is 36.5 Å². The Morgan fingerprint density at radius 3 is 2.52 bits per heavy atom. The molecule has 2 rings (SSSR count). The van der Waals surface area contributed by atoms with Crippen molar-refractivity contribution in [3.05, 3.63) is 58.9 Å². The number of esters is 1. The molecule has 0 radical (unpaired) electrons. The summed E-state index contributed by atoms with van der Waals surface area (Å²) in [5.41, 5.74) is 3.79. The SMILES string of the molecule is CC(=O)OCc1ncc(C)c(C)c1OCc1ccccc1. The summed E-state index contributed by atoms with van der Waals surface area (Å²) in [6, 6.07) is 9.92. The summed E-state index contributed by atoms with van der Waals surface area (Å²) in [5.74, 6) is 0.365. The Bertz CT molecular complexity index is 623. The molecule has 0 saturated heterocycles. The first kappa shape index (κ1) is 15.0. The Labute approximate surface area is 124 Å². The minimum absolute atomic E-state index is 0.126. The molecule has 2 aromatic rings. The molecule has 0 aliphatic heterocycles. The molecule has 0 N–H and O–H groups in total. The van der Waals surface area contributed by atoms with Crippen LogP contribution in [0.25, 0.3) is 0 Å². The molecule has 0 spiro atoms. The van der Waals surface area contributed by atoms with Crippen molar-refractivity contribution >= 4 is 5.97 Å². The van der Waals surface area contributed by atoms with Gasteiger partial charge < -0.3 is 9.47 Å². The van der Waals surface area contributed by atoms with Gasteiger partial charge in [-0.1, -0.05) is 30.3 Å². The lowest BCUT2D eigenvalue weighted by Gasteiger charge is -2.15. The van der Waals surface area contributed by atoms with E-state index in [1.54, 1.807) is 6.20 Å². The van der Waals surface area contributed by atoms with E-state index in [2.05, 4.69) is 4.98 Å². The van der Waals surface area contributed by atoms with Gasteiger partial charge in [-0.3, -0.25) is 9.78 Å². The standard InChI is InChI=1S/C17H19NO3/c1-12-9-18-16(11-20-14(3)19)17(13(12)2)21-10-15-7-5-4-6-8-15/h4-9H,10-11H2,1-3H3. The molecule has 21 heavy (non-hydrogen) atoms. The third-order valence-electron chi connectivity index (χ3n) is 3.25. The monoisotopic (exact) mass is 285 g/mol. The smallest absolute Gasteiger partial charge is 0.303 e. The fraction of sp³-hybridized carbons (Fsp3) is 0.294. The van der Waals surface area contributed by atoms with E-state index in [4.69, 9.17) is 9.47 Å². The number of rotatable bonds is 5. The quantitative estimate of drug-likeness (QED) is 0.791. The van der Waals surface area contributed by atoms with Gasteiger partial charge in [0.05, 0.1) is 0 Å². The van der Waals surface area contributed by atoms with Crippen molar-refractivity contribution in [2.75, 3.05) is 0 Å². The second-order valence-electron chi connectivity index (χ2n) is 4.90. The predicted octanol–water partition coefficient (Wildman–Crippen LogP) is 3.34. The van der Waals surface area contributed by atoms with Gasteiger partial charge in [0.15, 0.2) is 0 Å². The van der Waals surface area contributed by atoms with Gasteiger partial charge in [0.1, 0.15) is 24.7 Å². The zero-order chi connectivity index (χ0) is 15.2. The number of nitrogens with zero attached hydrogens (tertiary/aromatic N) is 1. The molecule has 0 amide bonds. The Morgan fingerprint density at radius 2 is 1.86 bits per heavy atom. The molecule has 1 aromatic heterocycles. The van der Waals surface area contributed by atoms with E-state index in [1.807, 2.05) is 44.2 Å². The number of carbonyl (C=O) groups excluding carboxylic acids is 1. The van der Waals surface area contributed by atoms with Crippen LogP contribution in [0.5, 0.6) is 5.75 Å². The summed E-state index contributed by atoms with van der Waals surface area (Å²) in [5, 5.41) is 0. The molecule has 0 atom stereocenters. The minimum Gasteiger partial charge on any atom is -0.487 e. The molecule has 1 aromatic carbocycles. The van der Waals surface area contributed by atoms with E-state index in [0.717, 1.165) is 16.7 Å². The lowest BCUT2D eigenvalue weighted by atomic mass is 10.1. The molecule has 0 unspecified atom stereocenters. The van der Waals surface area contributed by atoms with Crippen molar-refractivity contribution in [1.82, 2.24) is 4.98 Å². The van der Waals surface area contributed by atoms with Crippen LogP contribution in [0.4, 0.5) is 0 Å². The first-order valence-electron chi connectivity index (χ1n) is 6.83. The average molecular weight is 285 g/mol. The van der Waals surface area contributed by atoms with Crippen LogP contribution in [0, 0.1) is 13.8 Å². The first-order chi connectivity index (χ1) is 10.1. The van der Waals surface area contributed by atoms with Gasteiger partial charge in [-0.2, -0.15) is 0 Å². The zero-order valence-electron chi connectivity index (χ0n) is 12.6. The summed E-state index contributed by atoms with van der Waals surface area (Å²) in [4.78, 5) is 15.3. The summed E-state index contributed by atoms with van der Waals surface area (Å²) in [6.45, 7) is 5.92. The van der Waals surface area contributed by atoms with Gasteiger partial charge >= 0.3 is 5.97 Å². The van der Waals surface area contributed by atoms with Crippen LogP contribution in [-0.4, -0.2) is 11.0 Å². The number of hydrogen-bond donors (Lipinski definition) is 0. The van der Waals surface area contributed by atoms with Gasteiger partial charge in [0.2, 0.25) is 0 Å². The lowest BCUT2D eigenvalue weighted by Crippen LogP contribution is -2.07. The first-order valence-corrected chi connectivity index (χ1v) is 6.83. The average Bonchev–Trinajstić information content (AvgIpc) is 2.48. The maximum atomic E-state index is 11.0.